The second-order valence-corrected chi connectivity index (χ2v) is 6.68. The number of para-hydroxylation sites is 1. The molecule has 0 aromatic heterocycles. The lowest BCUT2D eigenvalue weighted by Gasteiger charge is -2.26. The highest BCUT2D eigenvalue weighted by molar-refractivity contribution is 14.1. The molecule has 3 aliphatic heterocycles. The van der Waals surface area contributed by atoms with Crippen molar-refractivity contribution >= 4 is 40.1 Å². The number of carbonyl (C=O) groups is 2. The Balaban J connectivity index is 1.81. The summed E-state index contributed by atoms with van der Waals surface area (Å²) >= 11 is 2.11. The molecule has 3 heterocycles. The van der Waals surface area contributed by atoms with Gasteiger partial charge in [-0.2, -0.15) is 0 Å². The fraction of sp³-hybridized carbons (Fsp3) is 0.333. The molecule has 0 saturated carbocycles. The molecule has 108 valence electrons. The van der Waals surface area contributed by atoms with Crippen molar-refractivity contribution in [3.05, 3.63) is 40.0 Å². The maximum absolute atomic E-state index is 12.8. The number of ether oxygens (including phenoxy) is 1. The first-order valence-electron chi connectivity index (χ1n) is 6.69. The van der Waals surface area contributed by atoms with Crippen LogP contribution in [0.15, 0.2) is 36.4 Å². The van der Waals surface area contributed by atoms with E-state index in [1.807, 2.05) is 12.1 Å². The highest BCUT2D eigenvalue weighted by Crippen LogP contribution is 2.52. The van der Waals surface area contributed by atoms with Crippen LogP contribution in [-0.2, 0) is 14.3 Å². The van der Waals surface area contributed by atoms with Crippen LogP contribution in [0.2, 0.25) is 0 Å². The van der Waals surface area contributed by atoms with Crippen LogP contribution in [0.1, 0.15) is 0 Å². The summed E-state index contributed by atoms with van der Waals surface area (Å²) in [7, 11) is 0. The van der Waals surface area contributed by atoms with Gasteiger partial charge in [-0.15, -0.1) is 0 Å². The Labute approximate surface area is 134 Å². The summed E-state index contributed by atoms with van der Waals surface area (Å²) in [5, 5.41) is 9.65. The van der Waals surface area contributed by atoms with Crippen LogP contribution in [0, 0.1) is 15.4 Å². The molecule has 0 aliphatic carbocycles. The third-order valence-electron chi connectivity index (χ3n) is 4.50. The van der Waals surface area contributed by atoms with E-state index in [-0.39, 0.29) is 18.4 Å². The number of imide groups is 1. The summed E-state index contributed by atoms with van der Waals surface area (Å²) < 4.78 is 6.54. The van der Waals surface area contributed by atoms with E-state index in [1.54, 1.807) is 24.3 Å². The fourth-order valence-corrected chi connectivity index (χ4v) is 4.18. The zero-order valence-electron chi connectivity index (χ0n) is 10.9. The van der Waals surface area contributed by atoms with Crippen LogP contribution in [-0.4, -0.2) is 35.2 Å². The van der Waals surface area contributed by atoms with E-state index in [2.05, 4.69) is 22.6 Å². The normalized spacial score (nSPS) is 36.7. The van der Waals surface area contributed by atoms with Gasteiger partial charge in [0.1, 0.15) is 5.60 Å². The van der Waals surface area contributed by atoms with Crippen LogP contribution < -0.4 is 4.90 Å². The first-order valence-corrected chi connectivity index (χ1v) is 7.77. The number of benzene rings is 1. The number of aliphatic hydroxyl groups excluding tert-OH is 1. The summed E-state index contributed by atoms with van der Waals surface area (Å²) in [5.74, 6) is -1.67. The molecule has 4 rings (SSSR count). The second-order valence-electron chi connectivity index (χ2n) is 5.52. The van der Waals surface area contributed by atoms with E-state index >= 15 is 0 Å². The molecule has 3 aliphatic rings. The van der Waals surface area contributed by atoms with Crippen molar-refractivity contribution in [3.8, 4) is 0 Å². The van der Waals surface area contributed by atoms with Gasteiger partial charge >= 0.3 is 0 Å². The molecule has 0 radical (unpaired) electrons. The molecular weight excluding hydrogens is 385 g/mol. The predicted octanol–water partition coefficient (Wildman–Crippen LogP) is 1.10. The first-order chi connectivity index (χ1) is 10.1. The van der Waals surface area contributed by atoms with Gasteiger partial charge in [0.15, 0.2) is 0 Å². The minimum Gasteiger partial charge on any atom is -0.393 e. The molecule has 2 amide bonds. The van der Waals surface area contributed by atoms with Gasteiger partial charge in [0, 0.05) is 3.57 Å². The van der Waals surface area contributed by atoms with E-state index in [4.69, 9.17) is 4.74 Å². The molecule has 5 nitrogen and oxygen atoms in total. The third-order valence-corrected chi connectivity index (χ3v) is 5.41. The maximum atomic E-state index is 12.8. The second kappa shape index (κ2) is 4.37. The van der Waals surface area contributed by atoms with Crippen molar-refractivity contribution in [2.45, 2.75) is 11.7 Å². The Bertz CT molecular complexity index is 688. The highest BCUT2D eigenvalue weighted by Gasteiger charge is 2.67. The Morgan fingerprint density at radius 1 is 1.29 bits per heavy atom. The van der Waals surface area contributed by atoms with E-state index in [9.17, 15) is 14.7 Å². The number of hydrogen-bond acceptors (Lipinski definition) is 4. The summed E-state index contributed by atoms with van der Waals surface area (Å²) in [6.45, 7) is -0.292. The lowest BCUT2D eigenvalue weighted by molar-refractivity contribution is -0.128. The van der Waals surface area contributed by atoms with Gasteiger partial charge in [-0.1, -0.05) is 24.3 Å². The topological polar surface area (TPSA) is 66.8 Å². The first kappa shape index (κ1) is 13.4. The van der Waals surface area contributed by atoms with Crippen molar-refractivity contribution in [1.29, 1.82) is 0 Å². The summed E-state index contributed by atoms with van der Waals surface area (Å²) in [5.41, 5.74) is -0.424. The Morgan fingerprint density at radius 2 is 2.05 bits per heavy atom. The van der Waals surface area contributed by atoms with Gasteiger partial charge in [0.05, 0.1) is 30.2 Å². The SMILES string of the molecule is O=C1[C@@H]2[C@@H]3C=C[C@@](CO)(O3)[C@@H]2C(=O)N1c1ccccc1I. The number of fused-ring (bicyclic) bond motifs is 5. The van der Waals surface area contributed by atoms with Gasteiger partial charge < -0.3 is 9.84 Å². The monoisotopic (exact) mass is 397 g/mol. The molecule has 2 bridgehead atoms. The number of carbonyl (C=O) groups excluding carboxylic acids is 2. The number of rotatable bonds is 2. The Morgan fingerprint density at radius 3 is 2.76 bits per heavy atom. The summed E-state index contributed by atoms with van der Waals surface area (Å²) in [6, 6.07) is 7.29. The van der Waals surface area contributed by atoms with E-state index in [0.29, 0.717) is 5.69 Å². The number of halogens is 1. The zero-order valence-corrected chi connectivity index (χ0v) is 13.1. The number of hydrogen-bond donors (Lipinski definition) is 1. The molecule has 6 heteroatoms. The van der Waals surface area contributed by atoms with Crippen LogP contribution >= 0.6 is 22.6 Å². The van der Waals surface area contributed by atoms with Crippen LogP contribution in [0.5, 0.6) is 0 Å². The predicted molar refractivity (Wildman–Crippen MR) is 82.5 cm³/mol. The van der Waals surface area contributed by atoms with Gasteiger partial charge in [-0.3, -0.25) is 9.59 Å². The minimum absolute atomic E-state index is 0.237. The number of amides is 2. The minimum atomic E-state index is -1.03. The average Bonchev–Trinajstić information content (AvgIpc) is 3.12. The molecule has 4 atom stereocenters. The smallest absolute Gasteiger partial charge is 0.241 e. The van der Waals surface area contributed by atoms with Gasteiger partial charge in [0.25, 0.3) is 0 Å². The van der Waals surface area contributed by atoms with E-state index < -0.39 is 23.5 Å². The van der Waals surface area contributed by atoms with Crippen molar-refractivity contribution in [3.63, 3.8) is 0 Å². The van der Waals surface area contributed by atoms with Crippen LogP contribution in [0.3, 0.4) is 0 Å². The average molecular weight is 397 g/mol. The highest BCUT2D eigenvalue weighted by atomic mass is 127. The van der Waals surface area contributed by atoms with Crippen molar-refractivity contribution < 1.29 is 19.4 Å². The fourth-order valence-electron chi connectivity index (χ4n) is 3.55. The maximum Gasteiger partial charge on any atom is 0.241 e. The van der Waals surface area contributed by atoms with Crippen molar-refractivity contribution in [1.82, 2.24) is 0 Å². The zero-order chi connectivity index (χ0) is 14.8. The van der Waals surface area contributed by atoms with Gasteiger partial charge in [-0.05, 0) is 34.7 Å². The molecule has 2 fully saturated rings. The molecule has 1 aromatic carbocycles. The molecule has 0 spiro atoms. The lowest BCUT2D eigenvalue weighted by atomic mass is 9.77. The molecule has 1 N–H and O–H groups in total. The van der Waals surface area contributed by atoms with Crippen molar-refractivity contribution in [2.24, 2.45) is 11.8 Å². The molecule has 2 saturated heterocycles. The summed E-state index contributed by atoms with van der Waals surface area (Å²) in [4.78, 5) is 26.7. The Kier molecular flexibility index (Phi) is 2.79. The van der Waals surface area contributed by atoms with Crippen molar-refractivity contribution in [2.75, 3.05) is 11.5 Å². The van der Waals surface area contributed by atoms with E-state index in [1.165, 1.54) is 4.90 Å². The number of anilines is 1. The molecule has 21 heavy (non-hydrogen) atoms. The number of nitrogens with zero attached hydrogens (tertiary/aromatic N) is 1. The standard InChI is InChI=1S/C15H12INO4/c16-8-3-1-2-4-9(8)17-13(19)11-10-5-6-15(7-18,21-10)12(11)14(17)20/h1-6,10-12,18H,7H2/t10-,11+,12-,15-/m0/s1. The quantitative estimate of drug-likeness (QED) is 0.461. The van der Waals surface area contributed by atoms with Crippen LogP contribution in [0.25, 0.3) is 0 Å². The largest absolute Gasteiger partial charge is 0.393 e. The number of aliphatic hydroxyl groups is 1. The van der Waals surface area contributed by atoms with Gasteiger partial charge in [-0.25, -0.2) is 4.90 Å². The molecular formula is C15H12INO4. The lowest BCUT2D eigenvalue weighted by Crippen LogP contribution is -2.43. The molecule has 1 aromatic rings. The van der Waals surface area contributed by atoms with Crippen LogP contribution in [0.4, 0.5) is 5.69 Å². The van der Waals surface area contributed by atoms with E-state index in [0.717, 1.165) is 3.57 Å². The Hall–Kier alpha value is -1.25. The third kappa shape index (κ3) is 1.58. The van der Waals surface area contributed by atoms with Gasteiger partial charge in [0.2, 0.25) is 11.8 Å². The summed E-state index contributed by atoms with van der Waals surface area (Å²) in [6.07, 6.45) is 3.09. The molecule has 0 unspecified atom stereocenters.